The molecule has 0 aromatic heterocycles. The van der Waals surface area contributed by atoms with Gasteiger partial charge in [0.15, 0.2) is 11.6 Å². The van der Waals surface area contributed by atoms with Crippen LogP contribution in [0.25, 0.3) is 0 Å². The van der Waals surface area contributed by atoms with Gasteiger partial charge in [-0.3, -0.25) is 0 Å². The highest BCUT2D eigenvalue weighted by Crippen LogP contribution is 2.30. The molecular formula is C6H12O4. The van der Waals surface area contributed by atoms with Crippen LogP contribution in [0, 0.1) is 0 Å². The average Bonchev–Trinajstić information content (AvgIpc) is 1.79. The summed E-state index contributed by atoms with van der Waals surface area (Å²) >= 11 is 0. The minimum Gasteiger partial charge on any atom is -0.366 e. The van der Waals surface area contributed by atoms with Crippen molar-refractivity contribution in [2.75, 3.05) is 0 Å². The highest BCUT2D eigenvalue weighted by Gasteiger charge is 2.37. The van der Waals surface area contributed by atoms with Crippen LogP contribution in [-0.4, -0.2) is 32.0 Å². The molecule has 1 rings (SSSR count). The molecule has 0 aromatic carbocycles. The maximum Gasteiger partial charge on any atom is 0.162 e. The lowest BCUT2D eigenvalue weighted by Gasteiger charge is -2.34. The zero-order valence-corrected chi connectivity index (χ0v) is 5.62. The van der Waals surface area contributed by atoms with Gasteiger partial charge < -0.3 is 20.4 Å². The van der Waals surface area contributed by atoms with Gasteiger partial charge >= 0.3 is 0 Å². The fourth-order valence-corrected chi connectivity index (χ4v) is 1.05. The molecule has 0 radical (unpaired) electrons. The second-order valence-electron chi connectivity index (χ2n) is 2.96. The van der Waals surface area contributed by atoms with E-state index in [2.05, 4.69) is 0 Å². The number of aliphatic hydroxyl groups is 4. The van der Waals surface area contributed by atoms with Crippen molar-refractivity contribution in [3.63, 3.8) is 0 Å². The highest BCUT2D eigenvalue weighted by molar-refractivity contribution is 4.79. The summed E-state index contributed by atoms with van der Waals surface area (Å²) in [5.74, 6) is -3.37. The molecule has 0 heterocycles. The lowest BCUT2D eigenvalue weighted by Crippen LogP contribution is -2.42. The largest absolute Gasteiger partial charge is 0.366 e. The van der Waals surface area contributed by atoms with Crippen molar-refractivity contribution in [1.82, 2.24) is 0 Å². The predicted octanol–water partition coefficient (Wildman–Crippen LogP) is -1.08. The molecule has 10 heavy (non-hydrogen) atoms. The maximum atomic E-state index is 8.94. The van der Waals surface area contributed by atoms with E-state index in [0.717, 1.165) is 0 Å². The van der Waals surface area contributed by atoms with Crippen LogP contribution in [0.3, 0.4) is 0 Å². The smallest absolute Gasteiger partial charge is 0.162 e. The van der Waals surface area contributed by atoms with E-state index >= 15 is 0 Å². The number of hydrogen-bond donors (Lipinski definition) is 4. The van der Waals surface area contributed by atoms with Crippen molar-refractivity contribution < 1.29 is 20.4 Å². The zero-order chi connectivity index (χ0) is 7.83. The van der Waals surface area contributed by atoms with Gasteiger partial charge in [-0.05, 0) is 0 Å². The Balaban J connectivity index is 2.46. The second kappa shape index (κ2) is 2.17. The summed E-state index contributed by atoms with van der Waals surface area (Å²) in [5.41, 5.74) is 0. The van der Waals surface area contributed by atoms with Crippen LogP contribution in [0.2, 0.25) is 0 Å². The van der Waals surface area contributed by atoms with Crippen molar-refractivity contribution in [1.29, 1.82) is 0 Å². The molecular weight excluding hydrogens is 136 g/mol. The van der Waals surface area contributed by atoms with Crippen molar-refractivity contribution >= 4 is 0 Å². The SMILES string of the molecule is OC1(O)CCC(O)(O)CC1. The van der Waals surface area contributed by atoms with Crippen LogP contribution >= 0.6 is 0 Å². The van der Waals surface area contributed by atoms with E-state index in [-0.39, 0.29) is 25.7 Å². The topological polar surface area (TPSA) is 80.9 Å². The van der Waals surface area contributed by atoms with E-state index in [1.165, 1.54) is 0 Å². The van der Waals surface area contributed by atoms with Crippen molar-refractivity contribution in [2.24, 2.45) is 0 Å². The fourth-order valence-electron chi connectivity index (χ4n) is 1.05. The monoisotopic (exact) mass is 148 g/mol. The van der Waals surface area contributed by atoms with Gasteiger partial charge in [-0.25, -0.2) is 0 Å². The summed E-state index contributed by atoms with van der Waals surface area (Å²) in [6.45, 7) is 0. The Morgan fingerprint density at radius 2 is 0.800 bits per heavy atom. The van der Waals surface area contributed by atoms with Gasteiger partial charge in [0.1, 0.15) is 0 Å². The number of rotatable bonds is 0. The Labute approximate surface area is 58.7 Å². The summed E-state index contributed by atoms with van der Waals surface area (Å²) in [6.07, 6.45) is 0.111. The quantitative estimate of drug-likeness (QED) is 0.329. The lowest BCUT2D eigenvalue weighted by molar-refractivity contribution is -0.256. The minimum absolute atomic E-state index is 0.0278. The lowest BCUT2D eigenvalue weighted by atomic mass is 9.89. The first-order valence-corrected chi connectivity index (χ1v) is 3.31. The minimum atomic E-state index is -1.69. The normalized spacial score (nSPS) is 30.0. The van der Waals surface area contributed by atoms with Gasteiger partial charge in [-0.2, -0.15) is 0 Å². The molecule has 4 heteroatoms. The molecule has 0 saturated heterocycles. The molecule has 0 aromatic rings. The van der Waals surface area contributed by atoms with E-state index in [1.807, 2.05) is 0 Å². The fraction of sp³-hybridized carbons (Fsp3) is 1.00. The van der Waals surface area contributed by atoms with Gasteiger partial charge in [0.05, 0.1) is 0 Å². The molecule has 1 fully saturated rings. The van der Waals surface area contributed by atoms with E-state index < -0.39 is 11.6 Å². The molecule has 4 nitrogen and oxygen atoms in total. The Morgan fingerprint density at radius 3 is 1.00 bits per heavy atom. The molecule has 0 spiro atoms. The van der Waals surface area contributed by atoms with Crippen LogP contribution in [0.5, 0.6) is 0 Å². The van der Waals surface area contributed by atoms with E-state index in [9.17, 15) is 0 Å². The third-order valence-corrected chi connectivity index (χ3v) is 1.85. The second-order valence-corrected chi connectivity index (χ2v) is 2.96. The van der Waals surface area contributed by atoms with Gasteiger partial charge in [0, 0.05) is 25.7 Å². The number of hydrogen-bond acceptors (Lipinski definition) is 4. The van der Waals surface area contributed by atoms with Gasteiger partial charge in [0.2, 0.25) is 0 Å². The van der Waals surface area contributed by atoms with E-state index in [0.29, 0.717) is 0 Å². The van der Waals surface area contributed by atoms with Gasteiger partial charge in [0.25, 0.3) is 0 Å². The van der Waals surface area contributed by atoms with Crippen molar-refractivity contribution in [3.8, 4) is 0 Å². The van der Waals surface area contributed by atoms with Crippen LogP contribution in [0.1, 0.15) is 25.7 Å². The average molecular weight is 148 g/mol. The Kier molecular flexibility index (Phi) is 1.72. The highest BCUT2D eigenvalue weighted by atomic mass is 16.5. The Bertz CT molecular complexity index is 102. The zero-order valence-electron chi connectivity index (χ0n) is 5.62. The van der Waals surface area contributed by atoms with Crippen LogP contribution < -0.4 is 0 Å². The molecule has 1 aliphatic carbocycles. The van der Waals surface area contributed by atoms with Crippen molar-refractivity contribution in [2.45, 2.75) is 37.3 Å². The van der Waals surface area contributed by atoms with Gasteiger partial charge in [-0.1, -0.05) is 0 Å². The third-order valence-electron chi connectivity index (χ3n) is 1.85. The van der Waals surface area contributed by atoms with Crippen LogP contribution in [0.15, 0.2) is 0 Å². The van der Waals surface area contributed by atoms with Crippen LogP contribution in [-0.2, 0) is 0 Å². The third kappa shape index (κ3) is 1.91. The molecule has 4 N–H and O–H groups in total. The first-order valence-electron chi connectivity index (χ1n) is 3.31. The maximum absolute atomic E-state index is 8.94. The first kappa shape index (κ1) is 7.94. The molecule has 0 aliphatic heterocycles. The predicted molar refractivity (Wildman–Crippen MR) is 32.8 cm³/mol. The summed E-state index contributed by atoms with van der Waals surface area (Å²) in [5, 5.41) is 35.8. The molecule has 1 saturated carbocycles. The molecule has 0 unspecified atom stereocenters. The summed E-state index contributed by atoms with van der Waals surface area (Å²) in [7, 11) is 0. The summed E-state index contributed by atoms with van der Waals surface area (Å²) in [4.78, 5) is 0. The molecule has 0 amide bonds. The van der Waals surface area contributed by atoms with E-state index in [1.54, 1.807) is 0 Å². The molecule has 1 aliphatic rings. The van der Waals surface area contributed by atoms with Crippen molar-refractivity contribution in [3.05, 3.63) is 0 Å². The first-order chi connectivity index (χ1) is 4.41. The van der Waals surface area contributed by atoms with Crippen LogP contribution in [0.4, 0.5) is 0 Å². The Hall–Kier alpha value is -0.160. The standard InChI is InChI=1S/C6H12O4/c7-5(8)1-2-6(9,10)4-3-5/h7-10H,1-4H2. The molecule has 0 atom stereocenters. The van der Waals surface area contributed by atoms with E-state index in [4.69, 9.17) is 20.4 Å². The summed E-state index contributed by atoms with van der Waals surface area (Å²) in [6, 6.07) is 0. The van der Waals surface area contributed by atoms with Gasteiger partial charge in [-0.15, -0.1) is 0 Å². The molecule has 60 valence electrons. The molecule has 0 bridgehead atoms. The Morgan fingerprint density at radius 1 is 0.600 bits per heavy atom. The summed E-state index contributed by atoms with van der Waals surface area (Å²) < 4.78 is 0.